The smallest absolute Gasteiger partial charge is 0.274 e. The lowest BCUT2D eigenvalue weighted by Gasteiger charge is -2.37. The highest BCUT2D eigenvalue weighted by molar-refractivity contribution is 5.92. The number of aromatic nitrogens is 2. The molecule has 1 amide bonds. The lowest BCUT2D eigenvalue weighted by Crippen LogP contribution is -2.52. The van der Waals surface area contributed by atoms with Crippen molar-refractivity contribution < 1.29 is 4.79 Å². The number of hydrogen-bond donors (Lipinski definition) is 1. The van der Waals surface area contributed by atoms with Crippen LogP contribution in [0.5, 0.6) is 0 Å². The second-order valence-corrected chi connectivity index (χ2v) is 4.87. The molecule has 1 fully saturated rings. The minimum Gasteiger partial charge on any atom is -0.335 e. The maximum atomic E-state index is 12.3. The first-order valence-electron chi connectivity index (χ1n) is 6.33. The minimum absolute atomic E-state index is 0.0192. The van der Waals surface area contributed by atoms with Crippen LogP contribution >= 0.6 is 0 Å². The molecule has 0 saturated carbocycles. The zero-order valence-corrected chi connectivity index (χ0v) is 11.0. The Morgan fingerprint density at radius 2 is 2.33 bits per heavy atom. The van der Waals surface area contributed by atoms with Gasteiger partial charge in [0.05, 0.1) is 6.33 Å². The number of rotatable bonds is 3. The van der Waals surface area contributed by atoms with Gasteiger partial charge in [-0.25, -0.2) is 4.98 Å². The van der Waals surface area contributed by atoms with Crippen molar-refractivity contribution in [3.63, 3.8) is 0 Å². The number of carbonyl (C=O) groups excluding carboxylic acids is 1. The molecule has 0 aliphatic carbocycles. The average molecular weight is 251 g/mol. The maximum Gasteiger partial charge on any atom is 0.274 e. The Hall–Kier alpha value is -1.40. The summed E-state index contributed by atoms with van der Waals surface area (Å²) in [6, 6.07) is 0.397. The average Bonchev–Trinajstić information content (AvgIpc) is 2.81. The Morgan fingerprint density at radius 3 is 3.00 bits per heavy atom. The predicted molar refractivity (Wildman–Crippen MR) is 69.3 cm³/mol. The lowest BCUT2D eigenvalue weighted by atomic mass is 10.2. The molecule has 0 radical (unpaired) electrons. The predicted octanol–water partition coefficient (Wildman–Crippen LogP) is -0.382. The molecule has 1 aliphatic rings. The summed E-state index contributed by atoms with van der Waals surface area (Å²) < 4.78 is 1.85. The maximum absolute atomic E-state index is 12.3. The summed E-state index contributed by atoms with van der Waals surface area (Å²) in [6.07, 6.45) is 3.44. The number of likely N-dealkylation sites (N-methyl/N-ethyl adjacent to an activating group) is 1. The molecule has 1 atom stereocenters. The van der Waals surface area contributed by atoms with E-state index < -0.39 is 0 Å². The van der Waals surface area contributed by atoms with Crippen molar-refractivity contribution in [2.75, 3.05) is 33.2 Å². The Balaban J connectivity index is 2.02. The molecular weight excluding hydrogens is 230 g/mol. The van der Waals surface area contributed by atoms with Gasteiger partial charge in [-0.3, -0.25) is 4.79 Å². The van der Waals surface area contributed by atoms with Gasteiger partial charge < -0.3 is 20.1 Å². The molecule has 1 aliphatic heterocycles. The van der Waals surface area contributed by atoms with Crippen molar-refractivity contribution in [1.29, 1.82) is 0 Å². The molecule has 1 aromatic heterocycles. The molecule has 2 N–H and O–H groups in total. The summed E-state index contributed by atoms with van der Waals surface area (Å²) >= 11 is 0. The molecular formula is C12H21N5O. The third kappa shape index (κ3) is 2.70. The third-order valence-electron chi connectivity index (χ3n) is 3.49. The number of carbonyl (C=O) groups is 1. The van der Waals surface area contributed by atoms with Gasteiger partial charge in [-0.1, -0.05) is 0 Å². The van der Waals surface area contributed by atoms with Crippen molar-refractivity contribution in [2.45, 2.75) is 19.5 Å². The number of hydrogen-bond acceptors (Lipinski definition) is 4. The summed E-state index contributed by atoms with van der Waals surface area (Å²) in [5.41, 5.74) is 5.99. The van der Waals surface area contributed by atoms with Crippen LogP contribution in [0.3, 0.4) is 0 Å². The van der Waals surface area contributed by atoms with Crippen LogP contribution in [0, 0.1) is 0 Å². The minimum atomic E-state index is 0.0192. The highest BCUT2D eigenvalue weighted by Gasteiger charge is 2.26. The summed E-state index contributed by atoms with van der Waals surface area (Å²) in [5.74, 6) is 0.0192. The first-order chi connectivity index (χ1) is 8.61. The van der Waals surface area contributed by atoms with Gasteiger partial charge >= 0.3 is 0 Å². The molecule has 100 valence electrons. The van der Waals surface area contributed by atoms with E-state index in [2.05, 4.69) is 23.9 Å². The van der Waals surface area contributed by atoms with Crippen LogP contribution in [-0.4, -0.2) is 64.5 Å². The number of imidazole rings is 1. The molecule has 2 rings (SSSR count). The Morgan fingerprint density at radius 1 is 1.56 bits per heavy atom. The third-order valence-corrected chi connectivity index (χ3v) is 3.49. The number of nitrogens with two attached hydrogens (primary N) is 1. The number of nitrogens with zero attached hydrogens (tertiary/aromatic N) is 4. The van der Waals surface area contributed by atoms with Gasteiger partial charge in [0, 0.05) is 45.0 Å². The van der Waals surface area contributed by atoms with Gasteiger partial charge in [0.25, 0.3) is 5.91 Å². The van der Waals surface area contributed by atoms with E-state index in [0.29, 0.717) is 24.8 Å². The SMILES string of the molecule is CC1CN(C(=O)c2cn(CCN)cn2)CCN1C. The van der Waals surface area contributed by atoms with Gasteiger partial charge in [-0.2, -0.15) is 0 Å². The molecule has 6 nitrogen and oxygen atoms in total. The monoisotopic (exact) mass is 251 g/mol. The van der Waals surface area contributed by atoms with E-state index in [9.17, 15) is 4.79 Å². The fourth-order valence-electron chi connectivity index (χ4n) is 2.14. The second-order valence-electron chi connectivity index (χ2n) is 4.87. The van der Waals surface area contributed by atoms with E-state index in [4.69, 9.17) is 5.73 Å². The Bertz CT molecular complexity index is 416. The fourth-order valence-corrected chi connectivity index (χ4v) is 2.14. The first-order valence-corrected chi connectivity index (χ1v) is 6.33. The van der Waals surface area contributed by atoms with Gasteiger partial charge in [-0.15, -0.1) is 0 Å². The summed E-state index contributed by atoms with van der Waals surface area (Å²) in [4.78, 5) is 20.6. The lowest BCUT2D eigenvalue weighted by molar-refractivity contribution is 0.0567. The Kier molecular flexibility index (Phi) is 3.98. The van der Waals surface area contributed by atoms with E-state index in [0.717, 1.165) is 19.6 Å². The van der Waals surface area contributed by atoms with E-state index >= 15 is 0 Å². The highest BCUT2D eigenvalue weighted by atomic mass is 16.2. The molecule has 0 spiro atoms. The molecule has 0 aromatic carbocycles. The largest absolute Gasteiger partial charge is 0.335 e. The van der Waals surface area contributed by atoms with Crippen LogP contribution < -0.4 is 5.73 Å². The standard InChI is InChI=1S/C12H21N5O/c1-10-7-17(6-5-15(10)2)12(18)11-8-16(4-3-13)9-14-11/h8-10H,3-7,13H2,1-2H3. The fraction of sp³-hybridized carbons (Fsp3) is 0.667. The van der Waals surface area contributed by atoms with Crippen LogP contribution in [0.15, 0.2) is 12.5 Å². The van der Waals surface area contributed by atoms with E-state index in [-0.39, 0.29) is 5.91 Å². The van der Waals surface area contributed by atoms with Gasteiger partial charge in [0.2, 0.25) is 0 Å². The van der Waals surface area contributed by atoms with Crippen LogP contribution in [0.25, 0.3) is 0 Å². The van der Waals surface area contributed by atoms with E-state index in [1.54, 1.807) is 12.5 Å². The van der Waals surface area contributed by atoms with Crippen LogP contribution in [-0.2, 0) is 6.54 Å². The van der Waals surface area contributed by atoms with Crippen LogP contribution in [0.2, 0.25) is 0 Å². The first kappa shape index (κ1) is 13.0. The molecule has 6 heteroatoms. The normalized spacial score (nSPS) is 21.3. The topological polar surface area (TPSA) is 67.4 Å². The highest BCUT2D eigenvalue weighted by Crippen LogP contribution is 2.10. The van der Waals surface area contributed by atoms with Gasteiger partial charge in [0.1, 0.15) is 5.69 Å². The Labute approximate surface area is 107 Å². The van der Waals surface area contributed by atoms with Crippen LogP contribution in [0.4, 0.5) is 0 Å². The number of piperazine rings is 1. The molecule has 1 aromatic rings. The second kappa shape index (κ2) is 5.49. The summed E-state index contributed by atoms with van der Waals surface area (Å²) in [5, 5.41) is 0. The quantitative estimate of drug-likeness (QED) is 0.795. The van der Waals surface area contributed by atoms with Crippen LogP contribution in [0.1, 0.15) is 17.4 Å². The van der Waals surface area contributed by atoms with Crippen molar-refractivity contribution in [2.24, 2.45) is 5.73 Å². The molecule has 0 bridgehead atoms. The van der Waals surface area contributed by atoms with Gasteiger partial charge in [-0.05, 0) is 14.0 Å². The molecule has 1 saturated heterocycles. The van der Waals surface area contributed by atoms with E-state index in [1.807, 2.05) is 9.47 Å². The van der Waals surface area contributed by atoms with Crippen molar-refractivity contribution in [3.8, 4) is 0 Å². The zero-order valence-electron chi connectivity index (χ0n) is 11.0. The molecule has 18 heavy (non-hydrogen) atoms. The summed E-state index contributed by atoms with van der Waals surface area (Å²) in [7, 11) is 2.09. The van der Waals surface area contributed by atoms with Crippen molar-refractivity contribution in [3.05, 3.63) is 18.2 Å². The summed E-state index contributed by atoms with van der Waals surface area (Å²) in [6.45, 7) is 5.82. The molecule has 2 heterocycles. The molecule has 1 unspecified atom stereocenters. The number of amides is 1. The zero-order chi connectivity index (χ0) is 13.1. The van der Waals surface area contributed by atoms with Crippen molar-refractivity contribution in [1.82, 2.24) is 19.4 Å². The van der Waals surface area contributed by atoms with Gasteiger partial charge in [0.15, 0.2) is 0 Å². The van der Waals surface area contributed by atoms with Crippen molar-refractivity contribution >= 4 is 5.91 Å². The van der Waals surface area contributed by atoms with E-state index in [1.165, 1.54) is 0 Å².